The van der Waals surface area contributed by atoms with Crippen molar-refractivity contribution in [3.8, 4) is 5.75 Å². The van der Waals surface area contributed by atoms with E-state index in [9.17, 15) is 9.90 Å². The highest BCUT2D eigenvalue weighted by atomic mass is 16.3. The number of aromatic hydroxyl groups is 1. The number of anilines is 1. The predicted molar refractivity (Wildman–Crippen MR) is 105 cm³/mol. The molecule has 2 N–H and O–H groups in total. The highest BCUT2D eigenvalue weighted by Crippen LogP contribution is 2.16. The Morgan fingerprint density at radius 3 is 2.50 bits per heavy atom. The number of aryl methyl sites for hydroxylation is 1. The van der Waals surface area contributed by atoms with Crippen LogP contribution in [0.3, 0.4) is 0 Å². The molecule has 1 heterocycles. The number of hydrogen-bond donors (Lipinski definition) is 2. The predicted octanol–water partition coefficient (Wildman–Crippen LogP) is 3.25. The molecular weight excluding hydrogens is 326 g/mol. The average Bonchev–Trinajstić information content (AvgIpc) is 2.93. The Morgan fingerprint density at radius 2 is 1.73 bits per heavy atom. The molecule has 0 aromatic heterocycles. The summed E-state index contributed by atoms with van der Waals surface area (Å²) in [6.07, 6.45) is 2.76. The molecule has 0 atom stereocenters. The molecule has 2 amide bonds. The first-order valence-corrected chi connectivity index (χ1v) is 9.33. The maximum Gasteiger partial charge on any atom is 0.317 e. The van der Waals surface area contributed by atoms with Crippen molar-refractivity contribution in [3.63, 3.8) is 0 Å². The Kier molecular flexibility index (Phi) is 6.36. The van der Waals surface area contributed by atoms with Crippen molar-refractivity contribution < 1.29 is 9.90 Å². The van der Waals surface area contributed by atoms with Crippen LogP contribution in [0, 0.1) is 0 Å². The molecule has 138 valence electrons. The molecular formula is C21H27N3O2. The summed E-state index contributed by atoms with van der Waals surface area (Å²) in [5.41, 5.74) is 2.40. The molecule has 1 saturated heterocycles. The highest BCUT2D eigenvalue weighted by molar-refractivity contribution is 5.74. The van der Waals surface area contributed by atoms with Gasteiger partial charge in [-0.1, -0.05) is 30.3 Å². The summed E-state index contributed by atoms with van der Waals surface area (Å²) in [6.45, 7) is 4.06. The van der Waals surface area contributed by atoms with Crippen molar-refractivity contribution in [3.05, 3.63) is 60.2 Å². The SMILES string of the molecule is O=C(NCCCc1ccc(O)cc1)N1CCCN(c2ccccc2)CC1. The molecule has 1 aliphatic rings. The fourth-order valence-electron chi connectivity index (χ4n) is 3.28. The van der Waals surface area contributed by atoms with Crippen LogP contribution in [-0.2, 0) is 6.42 Å². The molecule has 1 fully saturated rings. The molecule has 5 nitrogen and oxygen atoms in total. The maximum absolute atomic E-state index is 12.4. The van der Waals surface area contributed by atoms with Gasteiger partial charge in [-0.15, -0.1) is 0 Å². The van der Waals surface area contributed by atoms with E-state index in [1.807, 2.05) is 23.1 Å². The summed E-state index contributed by atoms with van der Waals surface area (Å²) >= 11 is 0. The normalized spacial score (nSPS) is 14.8. The van der Waals surface area contributed by atoms with E-state index in [-0.39, 0.29) is 11.8 Å². The minimum Gasteiger partial charge on any atom is -0.508 e. The van der Waals surface area contributed by atoms with Gasteiger partial charge in [0.15, 0.2) is 0 Å². The first kappa shape index (κ1) is 18.1. The quantitative estimate of drug-likeness (QED) is 0.812. The Hall–Kier alpha value is -2.69. The highest BCUT2D eigenvalue weighted by Gasteiger charge is 2.18. The van der Waals surface area contributed by atoms with E-state index in [4.69, 9.17) is 0 Å². The second kappa shape index (κ2) is 9.13. The van der Waals surface area contributed by atoms with E-state index in [0.717, 1.165) is 45.4 Å². The second-order valence-corrected chi connectivity index (χ2v) is 6.67. The minimum absolute atomic E-state index is 0.0330. The third kappa shape index (κ3) is 5.15. The third-order valence-electron chi connectivity index (χ3n) is 4.76. The van der Waals surface area contributed by atoms with Crippen molar-refractivity contribution >= 4 is 11.7 Å². The second-order valence-electron chi connectivity index (χ2n) is 6.67. The summed E-state index contributed by atoms with van der Waals surface area (Å²) in [7, 11) is 0. The first-order chi connectivity index (χ1) is 12.7. The first-order valence-electron chi connectivity index (χ1n) is 9.33. The molecule has 0 radical (unpaired) electrons. The summed E-state index contributed by atoms with van der Waals surface area (Å²) in [6, 6.07) is 17.7. The Balaban J connectivity index is 1.40. The van der Waals surface area contributed by atoms with Gasteiger partial charge in [-0.25, -0.2) is 4.79 Å². The van der Waals surface area contributed by atoms with E-state index in [2.05, 4.69) is 34.5 Å². The van der Waals surface area contributed by atoms with E-state index < -0.39 is 0 Å². The van der Waals surface area contributed by atoms with Gasteiger partial charge >= 0.3 is 6.03 Å². The van der Waals surface area contributed by atoms with Gasteiger partial charge in [0.25, 0.3) is 0 Å². The zero-order chi connectivity index (χ0) is 18.2. The number of benzene rings is 2. The standard InChI is InChI=1S/C21H27N3O2/c25-20-11-9-18(10-12-20)6-4-13-22-21(26)24-15-5-14-23(16-17-24)19-7-2-1-3-8-19/h1-3,7-12,25H,4-6,13-17H2,(H,22,26). The molecule has 1 aliphatic heterocycles. The zero-order valence-electron chi connectivity index (χ0n) is 15.1. The zero-order valence-corrected chi connectivity index (χ0v) is 15.1. The Labute approximate surface area is 155 Å². The number of carbonyl (C=O) groups is 1. The minimum atomic E-state index is 0.0330. The van der Waals surface area contributed by atoms with Crippen molar-refractivity contribution in [2.24, 2.45) is 0 Å². The number of hydrogen-bond acceptors (Lipinski definition) is 3. The lowest BCUT2D eigenvalue weighted by Crippen LogP contribution is -2.42. The maximum atomic E-state index is 12.4. The van der Waals surface area contributed by atoms with Gasteiger partial charge in [0, 0.05) is 38.4 Å². The molecule has 0 unspecified atom stereocenters. The Bertz CT molecular complexity index is 688. The lowest BCUT2D eigenvalue weighted by atomic mass is 10.1. The fourth-order valence-corrected chi connectivity index (χ4v) is 3.28. The molecule has 0 spiro atoms. The molecule has 5 heteroatoms. The van der Waals surface area contributed by atoms with Gasteiger partial charge in [0.2, 0.25) is 0 Å². The average molecular weight is 353 g/mol. The number of amides is 2. The van der Waals surface area contributed by atoms with Gasteiger partial charge < -0.3 is 20.2 Å². The molecule has 2 aromatic carbocycles. The van der Waals surface area contributed by atoms with Crippen LogP contribution in [0.2, 0.25) is 0 Å². The largest absolute Gasteiger partial charge is 0.508 e. The number of phenols is 1. The van der Waals surface area contributed by atoms with Gasteiger partial charge in [-0.3, -0.25) is 0 Å². The van der Waals surface area contributed by atoms with Crippen molar-refractivity contribution in [1.29, 1.82) is 0 Å². The van der Waals surface area contributed by atoms with Crippen LogP contribution in [0.5, 0.6) is 5.75 Å². The van der Waals surface area contributed by atoms with E-state index in [1.54, 1.807) is 12.1 Å². The number of nitrogens with one attached hydrogen (secondary N) is 1. The topological polar surface area (TPSA) is 55.8 Å². The fraction of sp³-hybridized carbons (Fsp3) is 0.381. The molecule has 0 saturated carbocycles. The van der Waals surface area contributed by atoms with Crippen molar-refractivity contribution in [1.82, 2.24) is 10.2 Å². The van der Waals surface area contributed by atoms with Gasteiger partial charge in [-0.05, 0) is 49.1 Å². The van der Waals surface area contributed by atoms with E-state index in [1.165, 1.54) is 11.3 Å². The molecule has 3 rings (SSSR count). The number of carbonyl (C=O) groups excluding carboxylic acids is 1. The lowest BCUT2D eigenvalue weighted by Gasteiger charge is -2.23. The van der Waals surface area contributed by atoms with Crippen molar-refractivity contribution in [2.75, 3.05) is 37.6 Å². The number of rotatable bonds is 5. The van der Waals surface area contributed by atoms with E-state index >= 15 is 0 Å². The summed E-state index contributed by atoms with van der Waals surface area (Å²) in [5, 5.41) is 12.3. The summed E-state index contributed by atoms with van der Waals surface area (Å²) in [4.78, 5) is 16.7. The lowest BCUT2D eigenvalue weighted by molar-refractivity contribution is 0.201. The van der Waals surface area contributed by atoms with Crippen LogP contribution in [0.4, 0.5) is 10.5 Å². The molecule has 0 aliphatic carbocycles. The number of para-hydroxylation sites is 1. The third-order valence-corrected chi connectivity index (χ3v) is 4.76. The van der Waals surface area contributed by atoms with Crippen LogP contribution >= 0.6 is 0 Å². The van der Waals surface area contributed by atoms with E-state index in [0.29, 0.717) is 6.54 Å². The summed E-state index contributed by atoms with van der Waals surface area (Å²) < 4.78 is 0. The van der Waals surface area contributed by atoms with Gasteiger partial charge in [0.1, 0.15) is 5.75 Å². The smallest absolute Gasteiger partial charge is 0.317 e. The van der Waals surface area contributed by atoms with Gasteiger partial charge in [-0.2, -0.15) is 0 Å². The number of nitrogens with zero attached hydrogens (tertiary/aromatic N) is 2. The number of phenolic OH excluding ortho intramolecular Hbond substituents is 1. The van der Waals surface area contributed by atoms with Crippen LogP contribution in [0.15, 0.2) is 54.6 Å². The summed E-state index contributed by atoms with van der Waals surface area (Å²) in [5.74, 6) is 0.285. The number of urea groups is 1. The van der Waals surface area contributed by atoms with Crippen molar-refractivity contribution in [2.45, 2.75) is 19.3 Å². The van der Waals surface area contributed by atoms with Crippen LogP contribution in [0.1, 0.15) is 18.4 Å². The monoisotopic (exact) mass is 353 g/mol. The molecule has 26 heavy (non-hydrogen) atoms. The molecule has 0 bridgehead atoms. The van der Waals surface area contributed by atoms with Crippen LogP contribution in [0.25, 0.3) is 0 Å². The van der Waals surface area contributed by atoms with Crippen LogP contribution in [-0.4, -0.2) is 48.8 Å². The van der Waals surface area contributed by atoms with Crippen LogP contribution < -0.4 is 10.2 Å². The van der Waals surface area contributed by atoms with Gasteiger partial charge in [0.05, 0.1) is 0 Å². The molecule has 2 aromatic rings. The Morgan fingerprint density at radius 1 is 0.962 bits per heavy atom.